The number of anilines is 1. The van der Waals surface area contributed by atoms with Crippen molar-refractivity contribution in [3.63, 3.8) is 0 Å². The Morgan fingerprint density at radius 1 is 1.00 bits per heavy atom. The molecular formula is C13H8F6N2O. The number of pyridine rings is 1. The lowest BCUT2D eigenvalue weighted by Gasteiger charge is -2.14. The van der Waals surface area contributed by atoms with Crippen LogP contribution in [0.4, 0.5) is 32.0 Å². The number of hydrogen-bond acceptors (Lipinski definition) is 3. The molecule has 0 fully saturated rings. The molecule has 3 nitrogen and oxygen atoms in total. The molecule has 2 N–H and O–H groups in total. The minimum Gasteiger partial charge on any atom is -0.406 e. The van der Waals surface area contributed by atoms with Crippen LogP contribution in [-0.4, -0.2) is 11.3 Å². The molecule has 0 amide bonds. The van der Waals surface area contributed by atoms with Crippen molar-refractivity contribution in [1.82, 2.24) is 4.98 Å². The molecule has 9 heteroatoms. The van der Waals surface area contributed by atoms with Crippen molar-refractivity contribution in [2.45, 2.75) is 12.5 Å². The van der Waals surface area contributed by atoms with E-state index in [1.165, 1.54) is 6.07 Å². The van der Waals surface area contributed by atoms with E-state index in [0.717, 1.165) is 24.4 Å². The molecule has 0 aliphatic carbocycles. The third-order valence-corrected chi connectivity index (χ3v) is 2.56. The lowest BCUT2D eigenvalue weighted by atomic mass is 10.0. The molecule has 1 heterocycles. The number of hydrogen-bond donors (Lipinski definition) is 1. The Morgan fingerprint density at radius 3 is 2.27 bits per heavy atom. The summed E-state index contributed by atoms with van der Waals surface area (Å²) in [6.07, 6.45) is -8.71. The fourth-order valence-electron chi connectivity index (χ4n) is 1.77. The Kier molecular flexibility index (Phi) is 3.90. The number of nitrogen functional groups attached to an aromatic ring is 1. The van der Waals surface area contributed by atoms with Gasteiger partial charge in [-0.25, -0.2) is 0 Å². The summed E-state index contributed by atoms with van der Waals surface area (Å²) >= 11 is 0. The highest BCUT2D eigenvalue weighted by Crippen LogP contribution is 2.38. The van der Waals surface area contributed by atoms with Crippen molar-refractivity contribution >= 4 is 5.69 Å². The lowest BCUT2D eigenvalue weighted by molar-refractivity contribution is -0.274. The summed E-state index contributed by atoms with van der Waals surface area (Å²) in [5, 5.41) is 0. The zero-order chi connectivity index (χ0) is 16.5. The van der Waals surface area contributed by atoms with E-state index in [1.807, 2.05) is 0 Å². The van der Waals surface area contributed by atoms with E-state index >= 15 is 0 Å². The molecule has 1 aromatic heterocycles. The molecule has 0 aliphatic rings. The second kappa shape index (κ2) is 5.39. The maximum atomic E-state index is 13.0. The van der Waals surface area contributed by atoms with Crippen molar-refractivity contribution in [2.75, 3.05) is 5.73 Å². The van der Waals surface area contributed by atoms with Crippen LogP contribution in [0.3, 0.4) is 0 Å². The SMILES string of the molecule is Nc1cnc(-c2cccc(OC(F)(F)F)c2)c(C(F)(F)F)c1. The van der Waals surface area contributed by atoms with Crippen molar-refractivity contribution < 1.29 is 31.1 Å². The third-order valence-electron chi connectivity index (χ3n) is 2.56. The maximum Gasteiger partial charge on any atom is 0.573 e. The molecule has 2 rings (SSSR count). The smallest absolute Gasteiger partial charge is 0.406 e. The van der Waals surface area contributed by atoms with Crippen LogP contribution in [0, 0.1) is 0 Å². The highest BCUT2D eigenvalue weighted by atomic mass is 19.4. The zero-order valence-electron chi connectivity index (χ0n) is 10.7. The lowest BCUT2D eigenvalue weighted by Crippen LogP contribution is -2.17. The molecule has 0 saturated carbocycles. The standard InChI is InChI=1S/C13H8F6N2O/c14-12(15,16)10-5-8(20)6-21-11(10)7-2-1-3-9(4-7)22-13(17,18)19/h1-6H,20H2. The first-order chi connectivity index (χ1) is 10.1. The van der Waals surface area contributed by atoms with Crippen LogP contribution < -0.4 is 10.5 Å². The molecule has 1 aromatic carbocycles. The first-order valence-corrected chi connectivity index (χ1v) is 5.75. The molecule has 2 aromatic rings. The number of nitrogens with two attached hydrogens (primary N) is 1. The van der Waals surface area contributed by atoms with Gasteiger partial charge >= 0.3 is 12.5 Å². The number of benzene rings is 1. The van der Waals surface area contributed by atoms with Gasteiger partial charge in [0, 0.05) is 5.56 Å². The van der Waals surface area contributed by atoms with Gasteiger partial charge in [0.05, 0.1) is 23.1 Å². The van der Waals surface area contributed by atoms with Gasteiger partial charge in [-0.3, -0.25) is 4.98 Å². The first kappa shape index (κ1) is 15.9. The molecule has 0 atom stereocenters. The van der Waals surface area contributed by atoms with Gasteiger partial charge in [-0.05, 0) is 18.2 Å². The zero-order valence-corrected chi connectivity index (χ0v) is 10.7. The van der Waals surface area contributed by atoms with Gasteiger partial charge < -0.3 is 10.5 Å². The topological polar surface area (TPSA) is 48.1 Å². The Bertz CT molecular complexity index is 681. The maximum absolute atomic E-state index is 13.0. The van der Waals surface area contributed by atoms with Crippen LogP contribution in [0.15, 0.2) is 36.5 Å². The minimum absolute atomic E-state index is 0.172. The van der Waals surface area contributed by atoms with Gasteiger partial charge in [0.15, 0.2) is 0 Å². The summed E-state index contributed by atoms with van der Waals surface area (Å²) in [4.78, 5) is 3.57. The second-order valence-electron chi connectivity index (χ2n) is 4.24. The molecule has 0 aliphatic heterocycles. The van der Waals surface area contributed by atoms with Gasteiger partial charge in [0.2, 0.25) is 0 Å². The molecule has 0 radical (unpaired) electrons. The van der Waals surface area contributed by atoms with E-state index in [2.05, 4.69) is 9.72 Å². The van der Waals surface area contributed by atoms with Crippen molar-refractivity contribution in [1.29, 1.82) is 0 Å². The van der Waals surface area contributed by atoms with Crippen LogP contribution in [0.25, 0.3) is 11.3 Å². The summed E-state index contributed by atoms with van der Waals surface area (Å²) in [6, 6.07) is 4.79. The van der Waals surface area contributed by atoms with Crippen LogP contribution in [-0.2, 0) is 6.18 Å². The Labute approximate surface area is 120 Å². The largest absolute Gasteiger partial charge is 0.573 e. The van der Waals surface area contributed by atoms with Gasteiger partial charge in [-0.15, -0.1) is 13.2 Å². The summed E-state index contributed by atoms with van der Waals surface area (Å²) in [6.45, 7) is 0. The summed E-state index contributed by atoms with van der Waals surface area (Å²) in [7, 11) is 0. The fourth-order valence-corrected chi connectivity index (χ4v) is 1.77. The molecule has 0 unspecified atom stereocenters. The predicted molar refractivity (Wildman–Crippen MR) is 65.8 cm³/mol. The number of aromatic nitrogens is 1. The summed E-state index contributed by atoms with van der Waals surface area (Å²) in [5.74, 6) is -0.642. The Morgan fingerprint density at radius 2 is 1.68 bits per heavy atom. The van der Waals surface area contributed by atoms with E-state index in [0.29, 0.717) is 6.07 Å². The quantitative estimate of drug-likeness (QED) is 0.841. The number of nitrogens with zero attached hydrogens (tertiary/aromatic N) is 1. The highest BCUT2D eigenvalue weighted by molar-refractivity contribution is 5.67. The Balaban J connectivity index is 2.51. The average molecular weight is 322 g/mol. The normalized spacial score (nSPS) is 12.3. The van der Waals surface area contributed by atoms with Crippen LogP contribution in [0.1, 0.15) is 5.56 Å². The molecule has 22 heavy (non-hydrogen) atoms. The van der Waals surface area contributed by atoms with E-state index in [9.17, 15) is 26.3 Å². The van der Waals surface area contributed by atoms with Gasteiger partial charge in [0.25, 0.3) is 0 Å². The van der Waals surface area contributed by atoms with Crippen molar-refractivity contribution in [3.05, 3.63) is 42.1 Å². The molecule has 0 saturated heterocycles. The van der Waals surface area contributed by atoms with E-state index < -0.39 is 29.5 Å². The van der Waals surface area contributed by atoms with Crippen LogP contribution in [0.2, 0.25) is 0 Å². The number of halogens is 6. The summed E-state index contributed by atoms with van der Waals surface area (Å²) < 4.78 is 79.1. The average Bonchev–Trinajstić information content (AvgIpc) is 2.36. The molecule has 0 bridgehead atoms. The molecule has 0 spiro atoms. The van der Waals surface area contributed by atoms with E-state index in [1.54, 1.807) is 0 Å². The van der Waals surface area contributed by atoms with Crippen molar-refractivity contribution in [3.8, 4) is 17.0 Å². The number of alkyl halides is 6. The Hall–Kier alpha value is -2.45. The molecule has 118 valence electrons. The van der Waals surface area contributed by atoms with Gasteiger partial charge in [-0.2, -0.15) is 13.2 Å². The molecular weight excluding hydrogens is 314 g/mol. The third kappa shape index (κ3) is 3.80. The van der Waals surface area contributed by atoms with E-state index in [4.69, 9.17) is 5.73 Å². The fraction of sp³-hybridized carbons (Fsp3) is 0.154. The van der Waals surface area contributed by atoms with E-state index in [-0.39, 0.29) is 11.3 Å². The van der Waals surface area contributed by atoms with Gasteiger partial charge in [0.1, 0.15) is 5.75 Å². The number of rotatable bonds is 2. The number of ether oxygens (including phenoxy) is 1. The minimum atomic E-state index is -4.94. The van der Waals surface area contributed by atoms with Crippen LogP contribution in [0.5, 0.6) is 5.75 Å². The monoisotopic (exact) mass is 322 g/mol. The second-order valence-corrected chi connectivity index (χ2v) is 4.24. The summed E-state index contributed by atoms with van der Waals surface area (Å²) in [5.41, 5.74) is 3.22. The highest BCUT2D eigenvalue weighted by Gasteiger charge is 2.35. The first-order valence-electron chi connectivity index (χ1n) is 5.75. The van der Waals surface area contributed by atoms with Crippen LogP contribution >= 0.6 is 0 Å². The van der Waals surface area contributed by atoms with Gasteiger partial charge in [-0.1, -0.05) is 12.1 Å². The predicted octanol–water partition coefficient (Wildman–Crippen LogP) is 4.25. The van der Waals surface area contributed by atoms with Crippen molar-refractivity contribution in [2.24, 2.45) is 0 Å².